The molecule has 0 spiro atoms. The van der Waals surface area contributed by atoms with Crippen molar-refractivity contribution in [1.29, 1.82) is 0 Å². The second-order valence-corrected chi connectivity index (χ2v) is 6.80. The Morgan fingerprint density at radius 1 is 1.11 bits per heavy atom. The van der Waals surface area contributed by atoms with Crippen LogP contribution >= 0.6 is 34.8 Å². The Morgan fingerprint density at radius 3 is 2.37 bits per heavy atom. The van der Waals surface area contributed by atoms with Crippen LogP contribution in [0, 0.1) is 0 Å². The van der Waals surface area contributed by atoms with Crippen LogP contribution in [-0.2, 0) is 11.4 Å². The number of nitrogens with zero attached hydrogens (tertiary/aromatic N) is 2. The summed E-state index contributed by atoms with van der Waals surface area (Å²) in [6.07, 6.45) is 0. The van der Waals surface area contributed by atoms with Crippen LogP contribution in [-0.4, -0.2) is 22.1 Å². The van der Waals surface area contributed by atoms with Gasteiger partial charge in [0.2, 0.25) is 0 Å². The summed E-state index contributed by atoms with van der Waals surface area (Å²) in [6.45, 7) is 0.893. The smallest absolute Gasteiger partial charge is 0.358 e. The second-order valence-electron chi connectivity index (χ2n) is 5.52. The van der Waals surface area contributed by atoms with E-state index in [9.17, 15) is 9.18 Å². The molecule has 3 rings (SSSR count). The third kappa shape index (κ3) is 3.95. The zero-order chi connectivity index (χ0) is 19.6. The summed E-state index contributed by atoms with van der Waals surface area (Å²) in [7, 11) is 0. The van der Waals surface area contributed by atoms with E-state index in [-0.39, 0.29) is 18.0 Å². The fourth-order valence-corrected chi connectivity index (χ4v) is 3.28. The molecule has 2 aromatic carbocycles. The summed E-state index contributed by atoms with van der Waals surface area (Å²) in [4.78, 5) is 16.7. The van der Waals surface area contributed by atoms with Crippen LogP contribution in [0.15, 0.2) is 42.5 Å². The molecule has 0 bridgehead atoms. The molecule has 4 nitrogen and oxygen atoms in total. The van der Waals surface area contributed by atoms with E-state index >= 15 is 0 Å². The molecule has 0 saturated heterocycles. The van der Waals surface area contributed by atoms with Crippen LogP contribution in [0.4, 0.5) is 4.39 Å². The van der Waals surface area contributed by atoms with Gasteiger partial charge in [-0.3, -0.25) is 4.57 Å². The first-order valence-electron chi connectivity index (χ1n) is 8.02. The molecule has 140 valence electrons. The topological polar surface area (TPSA) is 44.1 Å². The zero-order valence-corrected chi connectivity index (χ0v) is 16.4. The molecule has 0 aliphatic carbocycles. The molecule has 0 radical (unpaired) electrons. The quantitative estimate of drug-likeness (QED) is 0.459. The Morgan fingerprint density at radius 2 is 1.78 bits per heavy atom. The summed E-state index contributed by atoms with van der Waals surface area (Å²) < 4.78 is 20.5. The monoisotopic (exact) mass is 426 g/mol. The van der Waals surface area contributed by atoms with Gasteiger partial charge >= 0.3 is 5.97 Å². The van der Waals surface area contributed by atoms with Gasteiger partial charge in [-0.1, -0.05) is 34.8 Å². The molecule has 0 aliphatic heterocycles. The van der Waals surface area contributed by atoms with Gasteiger partial charge in [-0.25, -0.2) is 14.2 Å². The fourth-order valence-electron chi connectivity index (χ4n) is 2.66. The number of hydrogen-bond donors (Lipinski definition) is 0. The van der Waals surface area contributed by atoms with E-state index in [1.807, 2.05) is 0 Å². The van der Waals surface area contributed by atoms with Crippen molar-refractivity contribution in [2.45, 2.75) is 13.6 Å². The van der Waals surface area contributed by atoms with Crippen molar-refractivity contribution in [3.63, 3.8) is 0 Å². The number of aromatic nitrogens is 2. The van der Waals surface area contributed by atoms with Crippen molar-refractivity contribution in [2.24, 2.45) is 0 Å². The van der Waals surface area contributed by atoms with Crippen molar-refractivity contribution >= 4 is 40.8 Å². The summed E-state index contributed by atoms with van der Waals surface area (Å²) in [5.74, 6) is -0.404. The zero-order valence-electron chi connectivity index (χ0n) is 14.2. The number of carbonyl (C=O) groups excluding carboxylic acids is 1. The number of imidazole rings is 1. The van der Waals surface area contributed by atoms with Crippen LogP contribution in [0.3, 0.4) is 0 Å². The summed E-state index contributed by atoms with van der Waals surface area (Å²) in [5, 5.41) is 1.30. The first-order chi connectivity index (χ1) is 13.0. The lowest BCUT2D eigenvalue weighted by Gasteiger charge is -2.12. The minimum absolute atomic E-state index is 0.0665. The molecule has 3 aromatic rings. The number of benzene rings is 2. The van der Waals surface area contributed by atoms with E-state index in [0.717, 1.165) is 0 Å². The average Bonchev–Trinajstić information content (AvgIpc) is 3.02. The number of alkyl halides is 1. The van der Waals surface area contributed by atoms with Gasteiger partial charge in [0.25, 0.3) is 0 Å². The number of carbonyl (C=O) groups is 1. The number of esters is 1. The molecule has 8 heteroatoms. The van der Waals surface area contributed by atoms with Crippen molar-refractivity contribution in [3.05, 3.63) is 68.9 Å². The molecule has 0 aliphatic rings. The van der Waals surface area contributed by atoms with E-state index in [2.05, 4.69) is 4.98 Å². The third-order valence-corrected chi connectivity index (χ3v) is 4.62. The molecule has 0 saturated carbocycles. The molecule has 0 N–H and O–H groups in total. The average molecular weight is 428 g/mol. The first-order valence-corrected chi connectivity index (χ1v) is 9.15. The Kier molecular flexibility index (Phi) is 6.05. The normalized spacial score (nSPS) is 10.9. The Labute approximate surface area is 170 Å². The number of rotatable bonds is 5. The Balaban J connectivity index is 2.30. The number of halogens is 4. The van der Waals surface area contributed by atoms with Gasteiger partial charge in [-0.2, -0.15) is 0 Å². The number of ether oxygens (including phenoxy) is 1. The molecule has 0 atom stereocenters. The minimum atomic E-state index is -0.922. The predicted octanol–water partition coefficient (Wildman–Crippen LogP) is 6.15. The molecule has 0 unspecified atom stereocenters. The second kappa shape index (κ2) is 8.30. The van der Waals surface area contributed by atoms with E-state index < -0.39 is 12.6 Å². The SMILES string of the molecule is CCOC(=O)c1nc(-c2ccc(Cl)cc2Cl)n(-c2ccc(Cl)cc2)c1CF. The van der Waals surface area contributed by atoms with Gasteiger partial charge in [0.05, 0.1) is 17.3 Å². The fraction of sp³-hybridized carbons (Fsp3) is 0.158. The molecule has 1 heterocycles. The van der Waals surface area contributed by atoms with Gasteiger partial charge in [0.1, 0.15) is 12.5 Å². The maximum atomic E-state index is 14.0. The first kappa shape index (κ1) is 19.7. The summed E-state index contributed by atoms with van der Waals surface area (Å²) in [6, 6.07) is 11.6. The van der Waals surface area contributed by atoms with Gasteiger partial charge < -0.3 is 4.74 Å². The Hall–Kier alpha value is -2.08. The highest BCUT2D eigenvalue weighted by molar-refractivity contribution is 6.36. The van der Waals surface area contributed by atoms with Crippen molar-refractivity contribution in [1.82, 2.24) is 9.55 Å². The maximum Gasteiger partial charge on any atom is 0.358 e. The molecule has 0 amide bonds. The van der Waals surface area contributed by atoms with Gasteiger partial charge in [-0.15, -0.1) is 0 Å². The van der Waals surface area contributed by atoms with E-state index in [1.54, 1.807) is 49.4 Å². The van der Waals surface area contributed by atoms with Gasteiger partial charge in [-0.05, 0) is 49.4 Å². The van der Waals surface area contributed by atoms with Crippen molar-refractivity contribution in [2.75, 3.05) is 6.61 Å². The predicted molar refractivity (Wildman–Crippen MR) is 105 cm³/mol. The highest BCUT2D eigenvalue weighted by Crippen LogP contribution is 2.34. The summed E-state index contributed by atoms with van der Waals surface area (Å²) in [5.41, 5.74) is 1.05. The molecular formula is C19H14Cl3FN2O2. The lowest BCUT2D eigenvalue weighted by atomic mass is 10.2. The van der Waals surface area contributed by atoms with E-state index in [1.165, 1.54) is 4.57 Å². The van der Waals surface area contributed by atoms with Crippen LogP contribution in [0.5, 0.6) is 0 Å². The largest absolute Gasteiger partial charge is 0.461 e. The van der Waals surface area contributed by atoms with Gasteiger partial charge in [0.15, 0.2) is 5.69 Å². The van der Waals surface area contributed by atoms with E-state index in [0.29, 0.717) is 32.1 Å². The van der Waals surface area contributed by atoms with Crippen molar-refractivity contribution in [3.8, 4) is 17.1 Å². The standard InChI is InChI=1S/C19H14Cl3FN2O2/c1-2-27-19(26)17-16(10-23)25(13-6-3-11(20)4-7-13)18(24-17)14-8-5-12(21)9-15(14)22/h3-9H,2,10H2,1H3. The molecular weight excluding hydrogens is 414 g/mol. The van der Waals surface area contributed by atoms with Crippen LogP contribution in [0.25, 0.3) is 17.1 Å². The Bertz CT molecular complexity index is 987. The lowest BCUT2D eigenvalue weighted by Crippen LogP contribution is -2.09. The lowest BCUT2D eigenvalue weighted by molar-refractivity contribution is 0.0517. The van der Waals surface area contributed by atoms with Crippen LogP contribution in [0.2, 0.25) is 15.1 Å². The molecule has 27 heavy (non-hydrogen) atoms. The molecule has 1 aromatic heterocycles. The third-order valence-electron chi connectivity index (χ3n) is 3.82. The highest BCUT2D eigenvalue weighted by Gasteiger charge is 2.26. The van der Waals surface area contributed by atoms with E-state index in [4.69, 9.17) is 39.5 Å². The van der Waals surface area contributed by atoms with Crippen LogP contribution in [0.1, 0.15) is 23.1 Å². The van der Waals surface area contributed by atoms with Gasteiger partial charge in [0, 0.05) is 21.3 Å². The highest BCUT2D eigenvalue weighted by atomic mass is 35.5. The number of hydrogen-bond acceptors (Lipinski definition) is 3. The maximum absolute atomic E-state index is 14.0. The minimum Gasteiger partial charge on any atom is -0.461 e. The summed E-state index contributed by atoms with van der Waals surface area (Å²) >= 11 is 18.3. The van der Waals surface area contributed by atoms with Crippen molar-refractivity contribution < 1.29 is 13.9 Å². The molecule has 0 fully saturated rings. The van der Waals surface area contributed by atoms with Crippen LogP contribution < -0.4 is 0 Å².